The van der Waals surface area contributed by atoms with Gasteiger partial charge < -0.3 is 0 Å². The van der Waals surface area contributed by atoms with Gasteiger partial charge in [0, 0.05) is 6.42 Å². The maximum Gasteiger partial charge on any atom is 0.0624 e. The van der Waals surface area contributed by atoms with Gasteiger partial charge in [-0.05, 0) is 18.8 Å². The first-order chi connectivity index (χ1) is 6.85. The van der Waals surface area contributed by atoms with Crippen molar-refractivity contribution in [3.8, 4) is 6.07 Å². The molecule has 14 heavy (non-hydrogen) atoms. The zero-order chi connectivity index (χ0) is 10.6. The van der Waals surface area contributed by atoms with Crippen LogP contribution in [0.3, 0.4) is 0 Å². The van der Waals surface area contributed by atoms with Crippen LogP contribution in [0.5, 0.6) is 0 Å². The van der Waals surface area contributed by atoms with Crippen LogP contribution >= 0.6 is 0 Å². The first-order valence-electron chi connectivity index (χ1n) is 6.22. The molecule has 1 nitrogen and oxygen atoms in total. The third-order valence-electron chi connectivity index (χ3n) is 2.81. The molecule has 0 spiro atoms. The molecule has 0 aromatic carbocycles. The van der Waals surface area contributed by atoms with Crippen molar-refractivity contribution in [2.45, 2.75) is 71.6 Å². The molecule has 0 aliphatic carbocycles. The molecule has 0 heterocycles. The largest absolute Gasteiger partial charge is 0.198 e. The van der Waals surface area contributed by atoms with E-state index in [9.17, 15) is 0 Å². The average Bonchev–Trinajstić information content (AvgIpc) is 2.18. The summed E-state index contributed by atoms with van der Waals surface area (Å²) in [6, 6.07) is 2.32. The van der Waals surface area contributed by atoms with Gasteiger partial charge in [-0.2, -0.15) is 5.26 Å². The monoisotopic (exact) mass is 195 g/mol. The Morgan fingerprint density at radius 3 is 1.79 bits per heavy atom. The molecule has 0 atom stereocenters. The van der Waals surface area contributed by atoms with Crippen LogP contribution in [0.1, 0.15) is 71.6 Å². The summed E-state index contributed by atoms with van der Waals surface area (Å²) < 4.78 is 0. The zero-order valence-electron chi connectivity index (χ0n) is 9.89. The summed E-state index contributed by atoms with van der Waals surface area (Å²) in [6.45, 7) is 4.47. The maximum atomic E-state index is 8.70. The van der Waals surface area contributed by atoms with Gasteiger partial charge in [-0.25, -0.2) is 0 Å². The highest BCUT2D eigenvalue weighted by molar-refractivity contribution is 4.75. The third-order valence-corrected chi connectivity index (χ3v) is 2.81. The van der Waals surface area contributed by atoms with Crippen LogP contribution in [-0.4, -0.2) is 0 Å². The Kier molecular flexibility index (Phi) is 10.2. The molecule has 0 aliphatic heterocycles. The lowest BCUT2D eigenvalue weighted by molar-refractivity contribution is 0.417. The van der Waals surface area contributed by atoms with Gasteiger partial charge in [0.2, 0.25) is 0 Å². The fraction of sp³-hybridized carbons (Fsp3) is 0.923. The van der Waals surface area contributed by atoms with Crippen molar-refractivity contribution >= 4 is 0 Å². The predicted molar refractivity (Wildman–Crippen MR) is 62.0 cm³/mol. The Labute approximate surface area is 89.5 Å². The second kappa shape index (κ2) is 10.6. The summed E-state index contributed by atoms with van der Waals surface area (Å²) in [6.07, 6.45) is 11.2. The molecular weight excluding hydrogens is 170 g/mol. The summed E-state index contributed by atoms with van der Waals surface area (Å²) >= 11 is 0. The second-order valence-corrected chi connectivity index (χ2v) is 4.22. The second-order valence-electron chi connectivity index (χ2n) is 4.22. The van der Waals surface area contributed by atoms with Crippen LogP contribution in [-0.2, 0) is 0 Å². The Hall–Kier alpha value is -0.510. The Morgan fingerprint density at radius 2 is 1.43 bits per heavy atom. The summed E-state index contributed by atoms with van der Waals surface area (Å²) in [7, 11) is 0. The van der Waals surface area contributed by atoms with Gasteiger partial charge in [0.25, 0.3) is 0 Å². The minimum Gasteiger partial charge on any atom is -0.198 e. The van der Waals surface area contributed by atoms with E-state index >= 15 is 0 Å². The summed E-state index contributed by atoms with van der Waals surface area (Å²) in [5.74, 6) is 0.679. The van der Waals surface area contributed by atoms with Gasteiger partial charge in [-0.15, -0.1) is 0 Å². The van der Waals surface area contributed by atoms with Crippen LogP contribution in [0.15, 0.2) is 0 Å². The molecule has 0 aliphatic rings. The summed E-state index contributed by atoms with van der Waals surface area (Å²) in [5, 5.41) is 8.70. The van der Waals surface area contributed by atoms with Crippen molar-refractivity contribution < 1.29 is 0 Å². The lowest BCUT2D eigenvalue weighted by atomic mass is 9.93. The molecule has 0 fully saturated rings. The normalized spacial score (nSPS) is 10.4. The van der Waals surface area contributed by atoms with Crippen molar-refractivity contribution in [2.24, 2.45) is 5.92 Å². The van der Waals surface area contributed by atoms with Gasteiger partial charge >= 0.3 is 0 Å². The number of hydrogen-bond donors (Lipinski definition) is 0. The van der Waals surface area contributed by atoms with E-state index in [2.05, 4.69) is 19.9 Å². The van der Waals surface area contributed by atoms with Crippen molar-refractivity contribution in [3.63, 3.8) is 0 Å². The minimum absolute atomic E-state index is 0.679. The molecule has 0 aromatic heterocycles. The van der Waals surface area contributed by atoms with Gasteiger partial charge in [0.15, 0.2) is 0 Å². The minimum atomic E-state index is 0.679. The predicted octanol–water partition coefficient (Wildman–Crippen LogP) is 4.68. The maximum absolute atomic E-state index is 8.70. The number of nitriles is 1. The fourth-order valence-corrected chi connectivity index (χ4v) is 1.84. The Balaban J connectivity index is 3.50. The first-order valence-corrected chi connectivity index (χ1v) is 6.22. The highest BCUT2D eigenvalue weighted by Crippen LogP contribution is 2.20. The molecule has 0 aromatic rings. The molecular formula is C13H25N. The van der Waals surface area contributed by atoms with Gasteiger partial charge in [-0.1, -0.05) is 52.4 Å². The highest BCUT2D eigenvalue weighted by Gasteiger charge is 2.07. The first kappa shape index (κ1) is 13.5. The van der Waals surface area contributed by atoms with E-state index < -0.39 is 0 Å². The smallest absolute Gasteiger partial charge is 0.0624 e. The lowest BCUT2D eigenvalue weighted by Crippen LogP contribution is -1.99. The van der Waals surface area contributed by atoms with Crippen molar-refractivity contribution in [3.05, 3.63) is 0 Å². The highest BCUT2D eigenvalue weighted by atomic mass is 14.2. The van der Waals surface area contributed by atoms with Crippen LogP contribution in [0.25, 0.3) is 0 Å². The topological polar surface area (TPSA) is 23.8 Å². The molecule has 0 saturated carbocycles. The number of nitrogens with zero attached hydrogens (tertiary/aromatic N) is 1. The van der Waals surface area contributed by atoms with Gasteiger partial charge in [-0.3, -0.25) is 0 Å². The van der Waals surface area contributed by atoms with E-state index in [1.807, 2.05) is 0 Å². The third kappa shape index (κ3) is 8.10. The zero-order valence-corrected chi connectivity index (χ0v) is 9.89. The van der Waals surface area contributed by atoms with E-state index in [0.717, 1.165) is 6.42 Å². The molecule has 0 unspecified atom stereocenters. The molecule has 0 bridgehead atoms. The van der Waals surface area contributed by atoms with E-state index in [1.165, 1.54) is 51.4 Å². The van der Waals surface area contributed by atoms with Crippen LogP contribution in [0.2, 0.25) is 0 Å². The molecule has 0 N–H and O–H groups in total. The van der Waals surface area contributed by atoms with Crippen LogP contribution in [0, 0.1) is 17.2 Å². The lowest BCUT2D eigenvalue weighted by Gasteiger charge is -2.12. The molecule has 0 amide bonds. The standard InChI is InChI=1S/C13H25N/c1-3-5-7-9-13(11-12-14)10-8-6-4-2/h13H,3-11H2,1-2H3. The molecule has 82 valence electrons. The van der Waals surface area contributed by atoms with Crippen LogP contribution < -0.4 is 0 Å². The van der Waals surface area contributed by atoms with Gasteiger partial charge in [0.05, 0.1) is 6.07 Å². The Bertz CT molecular complexity index is 136. The van der Waals surface area contributed by atoms with E-state index in [0.29, 0.717) is 5.92 Å². The fourth-order valence-electron chi connectivity index (χ4n) is 1.84. The van der Waals surface area contributed by atoms with E-state index in [-0.39, 0.29) is 0 Å². The van der Waals surface area contributed by atoms with Crippen LogP contribution in [0.4, 0.5) is 0 Å². The number of rotatable bonds is 9. The molecule has 0 saturated heterocycles. The average molecular weight is 195 g/mol. The SMILES string of the molecule is CCCCCC(CC#N)CCCCC. The number of unbranched alkanes of at least 4 members (excludes halogenated alkanes) is 4. The molecule has 1 heteroatoms. The number of hydrogen-bond acceptors (Lipinski definition) is 1. The van der Waals surface area contributed by atoms with E-state index in [1.54, 1.807) is 0 Å². The van der Waals surface area contributed by atoms with Crippen molar-refractivity contribution in [2.75, 3.05) is 0 Å². The quantitative estimate of drug-likeness (QED) is 0.490. The van der Waals surface area contributed by atoms with E-state index in [4.69, 9.17) is 5.26 Å². The Morgan fingerprint density at radius 1 is 0.929 bits per heavy atom. The van der Waals surface area contributed by atoms with Gasteiger partial charge in [0.1, 0.15) is 0 Å². The molecule has 0 rings (SSSR count). The van der Waals surface area contributed by atoms with Crippen molar-refractivity contribution in [1.29, 1.82) is 5.26 Å². The summed E-state index contributed by atoms with van der Waals surface area (Å²) in [5.41, 5.74) is 0. The summed E-state index contributed by atoms with van der Waals surface area (Å²) in [4.78, 5) is 0. The van der Waals surface area contributed by atoms with Crippen molar-refractivity contribution in [1.82, 2.24) is 0 Å². The molecule has 0 radical (unpaired) electrons.